The van der Waals surface area contributed by atoms with Crippen LogP contribution in [-0.2, 0) is 4.74 Å². The lowest BCUT2D eigenvalue weighted by molar-refractivity contribution is 0.188. The van der Waals surface area contributed by atoms with Gasteiger partial charge in [0.1, 0.15) is 0 Å². The highest BCUT2D eigenvalue weighted by atomic mass is 16.5. The summed E-state index contributed by atoms with van der Waals surface area (Å²) < 4.78 is 4.95. The van der Waals surface area contributed by atoms with Crippen LogP contribution < -0.4 is 11.3 Å². The summed E-state index contributed by atoms with van der Waals surface area (Å²) >= 11 is 0. The Balaban J connectivity index is 3.32. The van der Waals surface area contributed by atoms with Gasteiger partial charge in [0, 0.05) is 19.8 Å². The number of methoxy groups -OCH3 is 1. The van der Waals surface area contributed by atoms with Crippen molar-refractivity contribution in [1.29, 1.82) is 0 Å². The molecule has 0 rings (SSSR count). The van der Waals surface area contributed by atoms with Crippen LogP contribution in [0.5, 0.6) is 0 Å². The van der Waals surface area contributed by atoms with E-state index in [1.54, 1.807) is 7.11 Å². The maximum atomic E-state index is 5.37. The van der Waals surface area contributed by atoms with E-state index in [2.05, 4.69) is 12.0 Å². The summed E-state index contributed by atoms with van der Waals surface area (Å²) in [5.74, 6) is 5.37. The standard InChI is InChI=1S/C9H20N2O/c1-3-4-6-9(11-10)7-5-8-12-2/h3,9,11H,1,4-8,10H2,2H3. The molecule has 3 N–H and O–H groups in total. The van der Waals surface area contributed by atoms with E-state index in [1.165, 1.54) is 0 Å². The van der Waals surface area contributed by atoms with Crippen molar-refractivity contribution in [2.45, 2.75) is 31.7 Å². The van der Waals surface area contributed by atoms with Crippen molar-refractivity contribution >= 4 is 0 Å². The Morgan fingerprint density at radius 1 is 1.58 bits per heavy atom. The van der Waals surface area contributed by atoms with E-state index in [0.717, 1.165) is 32.3 Å². The zero-order valence-corrected chi connectivity index (χ0v) is 7.88. The summed E-state index contributed by atoms with van der Waals surface area (Å²) in [5.41, 5.74) is 2.79. The molecule has 0 saturated carbocycles. The molecule has 72 valence electrons. The average molecular weight is 172 g/mol. The summed E-state index contributed by atoms with van der Waals surface area (Å²) in [6, 6.07) is 0.401. The molecule has 0 heterocycles. The van der Waals surface area contributed by atoms with E-state index in [9.17, 15) is 0 Å². The lowest BCUT2D eigenvalue weighted by Crippen LogP contribution is -2.35. The van der Waals surface area contributed by atoms with Crippen LogP contribution in [0.25, 0.3) is 0 Å². The third-order valence-corrected chi connectivity index (χ3v) is 1.86. The molecule has 3 heteroatoms. The number of hydrogen-bond donors (Lipinski definition) is 2. The first-order valence-electron chi connectivity index (χ1n) is 4.41. The Morgan fingerprint density at radius 3 is 2.83 bits per heavy atom. The number of allylic oxidation sites excluding steroid dienone is 1. The molecular formula is C9H20N2O. The van der Waals surface area contributed by atoms with E-state index in [0.29, 0.717) is 6.04 Å². The van der Waals surface area contributed by atoms with Gasteiger partial charge < -0.3 is 4.74 Å². The number of rotatable bonds is 8. The molecular weight excluding hydrogens is 152 g/mol. The Hall–Kier alpha value is -0.380. The molecule has 0 aromatic rings. The van der Waals surface area contributed by atoms with Gasteiger partial charge in [-0.2, -0.15) is 0 Å². The van der Waals surface area contributed by atoms with E-state index in [1.807, 2.05) is 6.08 Å². The van der Waals surface area contributed by atoms with Crippen LogP contribution in [0.15, 0.2) is 12.7 Å². The largest absolute Gasteiger partial charge is 0.385 e. The van der Waals surface area contributed by atoms with Crippen LogP contribution >= 0.6 is 0 Å². The summed E-state index contributed by atoms with van der Waals surface area (Å²) in [5, 5.41) is 0. The van der Waals surface area contributed by atoms with Crippen LogP contribution in [0, 0.1) is 0 Å². The predicted octanol–water partition coefficient (Wildman–Crippen LogP) is 1.21. The molecule has 3 nitrogen and oxygen atoms in total. The lowest BCUT2D eigenvalue weighted by Gasteiger charge is -2.13. The number of nitrogens with one attached hydrogen (secondary N) is 1. The fraction of sp³-hybridized carbons (Fsp3) is 0.778. The second-order valence-corrected chi connectivity index (χ2v) is 2.86. The van der Waals surface area contributed by atoms with Gasteiger partial charge in [-0.15, -0.1) is 6.58 Å². The minimum atomic E-state index is 0.401. The van der Waals surface area contributed by atoms with Crippen molar-refractivity contribution in [2.75, 3.05) is 13.7 Å². The highest BCUT2D eigenvalue weighted by Crippen LogP contribution is 2.04. The Kier molecular flexibility index (Phi) is 8.44. The Bertz CT molecular complexity index is 107. The fourth-order valence-electron chi connectivity index (χ4n) is 1.10. The van der Waals surface area contributed by atoms with Crippen molar-refractivity contribution in [1.82, 2.24) is 5.43 Å². The minimum absolute atomic E-state index is 0.401. The molecule has 0 aromatic carbocycles. The topological polar surface area (TPSA) is 47.3 Å². The SMILES string of the molecule is C=CCCC(CCCOC)NN. The quantitative estimate of drug-likeness (QED) is 0.250. The number of hydrogen-bond acceptors (Lipinski definition) is 3. The molecule has 0 aromatic heterocycles. The highest BCUT2D eigenvalue weighted by molar-refractivity contribution is 4.72. The predicted molar refractivity (Wildman–Crippen MR) is 51.7 cm³/mol. The molecule has 0 amide bonds. The van der Waals surface area contributed by atoms with E-state index in [4.69, 9.17) is 10.6 Å². The maximum absolute atomic E-state index is 5.37. The van der Waals surface area contributed by atoms with Crippen LogP contribution in [0.4, 0.5) is 0 Å². The fourth-order valence-corrected chi connectivity index (χ4v) is 1.10. The van der Waals surface area contributed by atoms with Gasteiger partial charge in [0.25, 0.3) is 0 Å². The summed E-state index contributed by atoms with van der Waals surface area (Å²) in [7, 11) is 1.72. The zero-order chi connectivity index (χ0) is 9.23. The summed E-state index contributed by atoms with van der Waals surface area (Å²) in [6.45, 7) is 4.48. The van der Waals surface area contributed by atoms with E-state index < -0.39 is 0 Å². The smallest absolute Gasteiger partial charge is 0.0462 e. The van der Waals surface area contributed by atoms with E-state index >= 15 is 0 Å². The molecule has 0 radical (unpaired) electrons. The van der Waals surface area contributed by atoms with Crippen LogP contribution in [0.2, 0.25) is 0 Å². The second-order valence-electron chi connectivity index (χ2n) is 2.86. The molecule has 0 spiro atoms. The maximum Gasteiger partial charge on any atom is 0.0462 e. The normalized spacial score (nSPS) is 12.8. The number of nitrogens with two attached hydrogens (primary N) is 1. The van der Waals surface area contributed by atoms with Gasteiger partial charge >= 0.3 is 0 Å². The molecule has 0 saturated heterocycles. The first-order valence-corrected chi connectivity index (χ1v) is 4.41. The third-order valence-electron chi connectivity index (χ3n) is 1.86. The third kappa shape index (κ3) is 6.34. The monoisotopic (exact) mass is 172 g/mol. The molecule has 12 heavy (non-hydrogen) atoms. The molecule has 1 unspecified atom stereocenters. The van der Waals surface area contributed by atoms with Gasteiger partial charge in [-0.25, -0.2) is 0 Å². The Labute approximate surface area is 74.9 Å². The summed E-state index contributed by atoms with van der Waals surface area (Å²) in [4.78, 5) is 0. The van der Waals surface area contributed by atoms with Gasteiger partial charge in [-0.1, -0.05) is 6.08 Å². The van der Waals surface area contributed by atoms with Gasteiger partial charge in [0.05, 0.1) is 0 Å². The van der Waals surface area contributed by atoms with Gasteiger partial charge in [-0.3, -0.25) is 11.3 Å². The van der Waals surface area contributed by atoms with Gasteiger partial charge in [0.2, 0.25) is 0 Å². The zero-order valence-electron chi connectivity index (χ0n) is 7.88. The average Bonchev–Trinajstić information content (AvgIpc) is 2.11. The molecule has 0 aliphatic carbocycles. The van der Waals surface area contributed by atoms with Crippen molar-refractivity contribution in [3.05, 3.63) is 12.7 Å². The van der Waals surface area contributed by atoms with Gasteiger partial charge in [-0.05, 0) is 25.7 Å². The highest BCUT2D eigenvalue weighted by Gasteiger charge is 2.03. The van der Waals surface area contributed by atoms with E-state index in [-0.39, 0.29) is 0 Å². The minimum Gasteiger partial charge on any atom is -0.385 e. The number of ether oxygens (including phenoxy) is 1. The first kappa shape index (κ1) is 11.6. The molecule has 0 aliphatic heterocycles. The molecule has 0 fully saturated rings. The van der Waals surface area contributed by atoms with Crippen molar-refractivity contribution in [3.63, 3.8) is 0 Å². The van der Waals surface area contributed by atoms with Gasteiger partial charge in [0.15, 0.2) is 0 Å². The first-order chi connectivity index (χ1) is 5.85. The van der Waals surface area contributed by atoms with Crippen molar-refractivity contribution < 1.29 is 4.74 Å². The van der Waals surface area contributed by atoms with Crippen LogP contribution in [0.1, 0.15) is 25.7 Å². The second kappa shape index (κ2) is 8.71. The number of hydrazine groups is 1. The Morgan fingerprint density at radius 2 is 2.33 bits per heavy atom. The lowest BCUT2D eigenvalue weighted by atomic mass is 10.1. The van der Waals surface area contributed by atoms with Crippen LogP contribution in [0.3, 0.4) is 0 Å². The molecule has 0 aliphatic rings. The van der Waals surface area contributed by atoms with Crippen molar-refractivity contribution in [3.8, 4) is 0 Å². The van der Waals surface area contributed by atoms with Crippen LogP contribution in [-0.4, -0.2) is 19.8 Å². The van der Waals surface area contributed by atoms with Crippen molar-refractivity contribution in [2.24, 2.45) is 5.84 Å². The molecule has 0 bridgehead atoms. The summed E-state index contributed by atoms with van der Waals surface area (Å²) in [6.07, 6.45) is 6.12. The molecule has 1 atom stereocenters.